The second-order valence-electron chi connectivity index (χ2n) is 13.0. The van der Waals surface area contributed by atoms with E-state index in [0.29, 0.717) is 28.9 Å². The van der Waals surface area contributed by atoms with Crippen LogP contribution in [0.1, 0.15) is 0 Å². The molecule has 0 amide bonds. The molecule has 0 saturated heterocycles. The van der Waals surface area contributed by atoms with Crippen molar-refractivity contribution in [2.75, 3.05) is 0 Å². The van der Waals surface area contributed by atoms with Gasteiger partial charge in [-0.3, -0.25) is 0 Å². The number of oxazole rings is 1. The molecule has 0 atom stereocenters. The second-order valence-corrected chi connectivity index (χ2v) is 13.0. The Kier molecular flexibility index (Phi) is 6.15. The van der Waals surface area contributed by atoms with E-state index < -0.39 is 0 Å². The highest BCUT2D eigenvalue weighted by Crippen LogP contribution is 2.43. The summed E-state index contributed by atoms with van der Waals surface area (Å²) in [6.45, 7) is 0. The summed E-state index contributed by atoms with van der Waals surface area (Å²) >= 11 is 0. The predicted octanol–water partition coefficient (Wildman–Crippen LogP) is 12.0. The summed E-state index contributed by atoms with van der Waals surface area (Å²) in [6, 6.07) is 53.5. The molecule has 3 heterocycles. The molecule has 0 aliphatic heterocycles. The fourth-order valence-corrected chi connectivity index (χ4v) is 7.49. The standard InChI is InChI=1S/C46H26N4O2/c1-3-11-29(12-4-1)43-48-44(32-19-18-27-10-7-8-15-31(27)26-32)50-45(49-43)35-17-9-16-34-33(35)22-20-28-21-23-36-40(39(28)34)41-37(51-36)24-25-38-42(41)47-46(52-38)30-13-5-2-6-14-30/h1-26H. The molecular weight excluding hydrogens is 641 g/mol. The molecule has 11 rings (SSSR count). The largest absolute Gasteiger partial charge is 0.456 e. The fourth-order valence-electron chi connectivity index (χ4n) is 7.49. The molecule has 0 radical (unpaired) electrons. The van der Waals surface area contributed by atoms with E-state index in [1.165, 1.54) is 5.39 Å². The van der Waals surface area contributed by atoms with Crippen LogP contribution in [0.2, 0.25) is 0 Å². The van der Waals surface area contributed by atoms with Crippen LogP contribution in [-0.4, -0.2) is 19.9 Å². The van der Waals surface area contributed by atoms with Crippen LogP contribution in [0.3, 0.4) is 0 Å². The van der Waals surface area contributed by atoms with Gasteiger partial charge in [0.15, 0.2) is 23.1 Å². The average Bonchev–Trinajstić information content (AvgIpc) is 3.83. The highest BCUT2D eigenvalue weighted by atomic mass is 16.4. The summed E-state index contributed by atoms with van der Waals surface area (Å²) in [5.74, 6) is 2.43. The number of hydrogen-bond donors (Lipinski definition) is 0. The van der Waals surface area contributed by atoms with Gasteiger partial charge >= 0.3 is 0 Å². The molecule has 0 N–H and O–H groups in total. The van der Waals surface area contributed by atoms with Crippen LogP contribution in [0.25, 0.3) is 111 Å². The Balaban J connectivity index is 1.17. The Morgan fingerprint density at radius 3 is 1.85 bits per heavy atom. The Bertz CT molecular complexity index is 3180. The molecule has 52 heavy (non-hydrogen) atoms. The highest BCUT2D eigenvalue weighted by Gasteiger charge is 2.21. The Hall–Kier alpha value is -7.18. The van der Waals surface area contributed by atoms with Crippen LogP contribution in [-0.2, 0) is 0 Å². The van der Waals surface area contributed by atoms with Gasteiger partial charge in [-0.1, -0.05) is 121 Å². The third-order valence-corrected chi connectivity index (χ3v) is 9.93. The fraction of sp³-hybridized carbons (Fsp3) is 0. The number of nitrogens with zero attached hydrogens (tertiary/aromatic N) is 4. The van der Waals surface area contributed by atoms with E-state index in [1.807, 2.05) is 78.9 Å². The summed E-state index contributed by atoms with van der Waals surface area (Å²) in [5, 5.41) is 8.53. The van der Waals surface area contributed by atoms with Gasteiger partial charge < -0.3 is 8.83 Å². The minimum absolute atomic E-state index is 0.580. The lowest BCUT2D eigenvalue weighted by Crippen LogP contribution is -2.00. The van der Waals surface area contributed by atoms with Gasteiger partial charge in [0.1, 0.15) is 16.7 Å². The zero-order valence-electron chi connectivity index (χ0n) is 27.6. The number of furan rings is 1. The van der Waals surface area contributed by atoms with Gasteiger partial charge in [0.05, 0.1) is 5.39 Å². The zero-order valence-corrected chi connectivity index (χ0v) is 27.6. The third kappa shape index (κ3) is 4.44. The van der Waals surface area contributed by atoms with Crippen molar-refractivity contribution in [3.8, 4) is 45.6 Å². The van der Waals surface area contributed by atoms with Gasteiger partial charge in [0, 0.05) is 33.0 Å². The first-order chi connectivity index (χ1) is 25.7. The van der Waals surface area contributed by atoms with Crippen molar-refractivity contribution in [3.63, 3.8) is 0 Å². The maximum atomic E-state index is 6.49. The van der Waals surface area contributed by atoms with Crippen molar-refractivity contribution in [1.82, 2.24) is 19.9 Å². The molecule has 0 saturated carbocycles. The molecule has 6 nitrogen and oxygen atoms in total. The van der Waals surface area contributed by atoms with Gasteiger partial charge in [-0.15, -0.1) is 0 Å². The normalized spacial score (nSPS) is 11.8. The monoisotopic (exact) mass is 666 g/mol. The van der Waals surface area contributed by atoms with Crippen molar-refractivity contribution in [2.24, 2.45) is 0 Å². The van der Waals surface area contributed by atoms with Crippen LogP contribution in [0.4, 0.5) is 0 Å². The number of hydrogen-bond acceptors (Lipinski definition) is 6. The van der Waals surface area contributed by atoms with Crippen molar-refractivity contribution >= 4 is 65.4 Å². The van der Waals surface area contributed by atoms with Gasteiger partial charge in [-0.2, -0.15) is 0 Å². The molecule has 11 aromatic rings. The molecule has 0 unspecified atom stereocenters. The van der Waals surface area contributed by atoms with Crippen LogP contribution in [0, 0.1) is 0 Å². The molecule has 0 aliphatic carbocycles. The number of aromatic nitrogens is 4. The summed E-state index contributed by atoms with van der Waals surface area (Å²) in [4.78, 5) is 20.3. The van der Waals surface area contributed by atoms with Gasteiger partial charge in [0.25, 0.3) is 0 Å². The average molecular weight is 667 g/mol. The summed E-state index contributed by atoms with van der Waals surface area (Å²) in [6.07, 6.45) is 0. The molecule has 0 bridgehead atoms. The first-order valence-electron chi connectivity index (χ1n) is 17.2. The minimum Gasteiger partial charge on any atom is -0.456 e. The van der Waals surface area contributed by atoms with Gasteiger partial charge in [-0.05, 0) is 63.3 Å². The first-order valence-corrected chi connectivity index (χ1v) is 17.2. The van der Waals surface area contributed by atoms with Crippen LogP contribution in [0.5, 0.6) is 0 Å². The molecule has 8 aromatic carbocycles. The number of rotatable bonds is 4. The van der Waals surface area contributed by atoms with Gasteiger partial charge in [0.2, 0.25) is 5.89 Å². The van der Waals surface area contributed by atoms with E-state index in [2.05, 4.69) is 78.9 Å². The number of benzene rings is 8. The van der Waals surface area contributed by atoms with E-state index in [1.54, 1.807) is 0 Å². The maximum absolute atomic E-state index is 6.49. The third-order valence-electron chi connectivity index (χ3n) is 9.93. The SMILES string of the molecule is c1ccc(-c2nc(-c3ccc4ccccc4c3)nc(-c3cccc4c3ccc3ccc5oc6ccc7oc(-c8ccccc8)nc7c6c5c34)n2)cc1. The Morgan fingerprint density at radius 2 is 1.00 bits per heavy atom. The van der Waals surface area contributed by atoms with Crippen LogP contribution in [0.15, 0.2) is 167 Å². The van der Waals surface area contributed by atoms with E-state index in [4.69, 9.17) is 28.8 Å². The van der Waals surface area contributed by atoms with Crippen molar-refractivity contribution in [2.45, 2.75) is 0 Å². The summed E-state index contributed by atoms with van der Waals surface area (Å²) < 4.78 is 12.8. The molecule has 3 aromatic heterocycles. The lowest BCUT2D eigenvalue weighted by atomic mass is 9.94. The number of fused-ring (bicyclic) bond motifs is 10. The highest BCUT2D eigenvalue weighted by molar-refractivity contribution is 6.31. The minimum atomic E-state index is 0.580. The van der Waals surface area contributed by atoms with Crippen LogP contribution < -0.4 is 0 Å². The maximum Gasteiger partial charge on any atom is 0.227 e. The Morgan fingerprint density at radius 1 is 0.346 bits per heavy atom. The smallest absolute Gasteiger partial charge is 0.227 e. The van der Waals surface area contributed by atoms with E-state index in [-0.39, 0.29) is 0 Å². The zero-order chi connectivity index (χ0) is 34.2. The lowest BCUT2D eigenvalue weighted by molar-refractivity contribution is 0.619. The van der Waals surface area contributed by atoms with Crippen molar-refractivity contribution < 1.29 is 8.83 Å². The Labute approximate surface area is 296 Å². The molecule has 0 spiro atoms. The first kappa shape index (κ1) is 28.6. The quantitative estimate of drug-likeness (QED) is 0.174. The van der Waals surface area contributed by atoms with E-state index in [9.17, 15) is 0 Å². The lowest BCUT2D eigenvalue weighted by Gasteiger charge is -2.12. The molecule has 242 valence electrons. The molecule has 0 fully saturated rings. The van der Waals surface area contributed by atoms with Crippen LogP contribution >= 0.6 is 0 Å². The predicted molar refractivity (Wildman–Crippen MR) is 209 cm³/mol. The summed E-state index contributed by atoms with van der Waals surface area (Å²) in [5.41, 5.74) is 6.76. The van der Waals surface area contributed by atoms with Crippen molar-refractivity contribution in [1.29, 1.82) is 0 Å². The van der Waals surface area contributed by atoms with Crippen molar-refractivity contribution in [3.05, 3.63) is 158 Å². The summed E-state index contributed by atoms with van der Waals surface area (Å²) in [7, 11) is 0. The van der Waals surface area contributed by atoms with E-state index >= 15 is 0 Å². The molecular formula is C46H26N4O2. The molecule has 6 heteroatoms. The van der Waals surface area contributed by atoms with Gasteiger partial charge in [-0.25, -0.2) is 19.9 Å². The molecule has 0 aliphatic rings. The van der Waals surface area contributed by atoms with E-state index in [0.717, 1.165) is 76.6 Å². The topological polar surface area (TPSA) is 77.8 Å². The second kappa shape index (κ2) is 11.2.